The zero-order valence-corrected chi connectivity index (χ0v) is 12.4. The summed E-state index contributed by atoms with van der Waals surface area (Å²) >= 11 is 0. The minimum Gasteiger partial charge on any atom is -0.369 e. The van der Waals surface area contributed by atoms with Crippen molar-refractivity contribution in [1.82, 2.24) is 24.6 Å². The molecule has 112 valence electrons. The third kappa shape index (κ3) is 1.89. The van der Waals surface area contributed by atoms with E-state index in [4.69, 9.17) is 5.73 Å². The number of anilines is 2. The van der Waals surface area contributed by atoms with Gasteiger partial charge in [0.25, 0.3) is 0 Å². The van der Waals surface area contributed by atoms with Crippen molar-refractivity contribution in [2.45, 2.75) is 19.8 Å². The van der Waals surface area contributed by atoms with E-state index in [1.54, 1.807) is 10.6 Å². The third-order valence-electron chi connectivity index (χ3n) is 4.08. The molecule has 0 aromatic carbocycles. The molecule has 0 aliphatic carbocycles. The highest BCUT2D eigenvalue weighted by Crippen LogP contribution is 2.35. The Kier molecular flexibility index (Phi) is 2.92. The van der Waals surface area contributed by atoms with Gasteiger partial charge in [0, 0.05) is 31.0 Å². The lowest BCUT2D eigenvalue weighted by Crippen LogP contribution is -2.21. The van der Waals surface area contributed by atoms with E-state index in [1.165, 1.54) is 12.8 Å². The van der Waals surface area contributed by atoms with E-state index in [9.17, 15) is 0 Å². The van der Waals surface area contributed by atoms with Crippen LogP contribution in [0.15, 0.2) is 24.5 Å². The Bertz CT molecular complexity index is 819. The van der Waals surface area contributed by atoms with Gasteiger partial charge in [0.05, 0.1) is 5.56 Å². The monoisotopic (exact) mass is 295 g/mol. The lowest BCUT2D eigenvalue weighted by atomic mass is 10.1. The zero-order chi connectivity index (χ0) is 15.1. The maximum Gasteiger partial charge on any atom is 0.209 e. The summed E-state index contributed by atoms with van der Waals surface area (Å²) in [7, 11) is 0. The minimum atomic E-state index is 0.423. The number of hydrogen-bond donors (Lipinski definition) is 1. The molecule has 3 aromatic heterocycles. The van der Waals surface area contributed by atoms with Crippen LogP contribution in [0.2, 0.25) is 0 Å². The van der Waals surface area contributed by atoms with Gasteiger partial charge in [-0.1, -0.05) is 6.07 Å². The number of nitrogen functional groups attached to an aromatic ring is 1. The highest BCUT2D eigenvalue weighted by Gasteiger charge is 2.24. The Labute approximate surface area is 127 Å². The van der Waals surface area contributed by atoms with Crippen molar-refractivity contribution in [2.75, 3.05) is 23.7 Å². The maximum atomic E-state index is 6.15. The minimum absolute atomic E-state index is 0.423. The molecule has 3 aromatic rings. The summed E-state index contributed by atoms with van der Waals surface area (Å²) in [5.41, 5.74) is 8.81. The fraction of sp³-hybridized carbons (Fsp3) is 0.333. The van der Waals surface area contributed by atoms with Gasteiger partial charge in [-0.15, -0.1) is 10.2 Å². The molecule has 1 saturated heterocycles. The van der Waals surface area contributed by atoms with Crippen molar-refractivity contribution in [3.8, 4) is 11.1 Å². The number of aromatic nitrogens is 5. The first-order chi connectivity index (χ1) is 10.8. The lowest BCUT2D eigenvalue weighted by Gasteiger charge is -2.21. The second kappa shape index (κ2) is 4.94. The number of nitrogens with two attached hydrogens (primary N) is 1. The second-order valence-electron chi connectivity index (χ2n) is 5.51. The van der Waals surface area contributed by atoms with Crippen LogP contribution in [0.5, 0.6) is 0 Å². The van der Waals surface area contributed by atoms with E-state index in [2.05, 4.69) is 25.1 Å². The quantitative estimate of drug-likeness (QED) is 0.774. The van der Waals surface area contributed by atoms with Crippen LogP contribution in [0.3, 0.4) is 0 Å². The number of nitrogens with zero attached hydrogens (tertiary/aromatic N) is 6. The summed E-state index contributed by atoms with van der Waals surface area (Å²) < 4.78 is 1.79. The van der Waals surface area contributed by atoms with Gasteiger partial charge in [-0.2, -0.15) is 4.98 Å². The molecule has 0 spiro atoms. The Morgan fingerprint density at radius 3 is 2.73 bits per heavy atom. The molecule has 0 amide bonds. The Hall–Kier alpha value is -2.70. The predicted octanol–water partition coefficient (Wildman–Crippen LogP) is 1.68. The van der Waals surface area contributed by atoms with Crippen LogP contribution in [0.1, 0.15) is 18.7 Å². The Morgan fingerprint density at radius 1 is 1.18 bits per heavy atom. The predicted molar refractivity (Wildman–Crippen MR) is 84.6 cm³/mol. The van der Waals surface area contributed by atoms with Crippen LogP contribution in [-0.4, -0.2) is 37.7 Å². The van der Waals surface area contributed by atoms with Gasteiger partial charge in [-0.25, -0.2) is 4.40 Å². The summed E-state index contributed by atoms with van der Waals surface area (Å²) in [6, 6.07) is 3.93. The van der Waals surface area contributed by atoms with Gasteiger partial charge in [0.15, 0.2) is 5.65 Å². The summed E-state index contributed by atoms with van der Waals surface area (Å²) in [6.45, 7) is 3.85. The first-order valence-electron chi connectivity index (χ1n) is 7.42. The average Bonchev–Trinajstić information content (AvgIpc) is 3.18. The molecule has 0 bridgehead atoms. The molecule has 0 saturated carbocycles. The smallest absolute Gasteiger partial charge is 0.209 e. The Balaban J connectivity index is 2.05. The van der Waals surface area contributed by atoms with E-state index in [-0.39, 0.29) is 0 Å². The second-order valence-corrected chi connectivity index (χ2v) is 5.51. The van der Waals surface area contributed by atoms with E-state index < -0.39 is 0 Å². The highest BCUT2D eigenvalue weighted by atomic mass is 15.3. The molecule has 2 N–H and O–H groups in total. The molecule has 0 atom stereocenters. The standard InChI is InChI=1S/C15H17N7/c1-10-19-20-14-12(11-5-4-6-17-9-11)13(18-15(16)22(10)14)21-7-2-3-8-21/h4-6,9H,2-3,7-8H2,1H3,(H2,16,18). The number of hydrogen-bond acceptors (Lipinski definition) is 6. The van der Waals surface area contributed by atoms with Gasteiger partial charge in [0.1, 0.15) is 11.6 Å². The fourth-order valence-corrected chi connectivity index (χ4v) is 3.04. The van der Waals surface area contributed by atoms with Crippen LogP contribution in [0.4, 0.5) is 11.8 Å². The summed E-state index contributed by atoms with van der Waals surface area (Å²) in [5, 5.41) is 8.49. The molecular weight excluding hydrogens is 278 g/mol. The van der Waals surface area contributed by atoms with Crippen LogP contribution in [-0.2, 0) is 0 Å². The highest BCUT2D eigenvalue weighted by molar-refractivity contribution is 5.88. The SMILES string of the molecule is Cc1nnc2c(-c3cccnc3)c(N3CCCC3)nc(N)n12. The van der Waals surface area contributed by atoms with Gasteiger partial charge in [-0.05, 0) is 25.8 Å². The molecule has 1 fully saturated rings. The maximum absolute atomic E-state index is 6.15. The number of aryl methyl sites for hydroxylation is 1. The van der Waals surface area contributed by atoms with Crippen molar-refractivity contribution in [2.24, 2.45) is 0 Å². The normalized spacial score (nSPS) is 14.9. The fourth-order valence-electron chi connectivity index (χ4n) is 3.04. The van der Waals surface area contributed by atoms with Crippen molar-refractivity contribution in [1.29, 1.82) is 0 Å². The van der Waals surface area contributed by atoms with Crippen molar-refractivity contribution < 1.29 is 0 Å². The molecule has 22 heavy (non-hydrogen) atoms. The van der Waals surface area contributed by atoms with Crippen molar-refractivity contribution in [3.63, 3.8) is 0 Å². The number of pyridine rings is 1. The average molecular weight is 295 g/mol. The molecule has 7 nitrogen and oxygen atoms in total. The molecule has 7 heteroatoms. The van der Waals surface area contributed by atoms with Gasteiger partial charge >= 0.3 is 0 Å². The molecule has 1 aliphatic rings. The number of rotatable bonds is 2. The summed E-state index contributed by atoms with van der Waals surface area (Å²) in [4.78, 5) is 11.1. The summed E-state index contributed by atoms with van der Waals surface area (Å²) in [5.74, 6) is 2.04. The topological polar surface area (TPSA) is 85.2 Å². The molecule has 4 rings (SSSR count). The van der Waals surface area contributed by atoms with Gasteiger partial charge in [0.2, 0.25) is 5.95 Å². The van der Waals surface area contributed by atoms with Crippen LogP contribution in [0, 0.1) is 6.92 Å². The Morgan fingerprint density at radius 2 is 2.00 bits per heavy atom. The zero-order valence-electron chi connectivity index (χ0n) is 12.4. The third-order valence-corrected chi connectivity index (χ3v) is 4.08. The van der Waals surface area contributed by atoms with E-state index in [0.29, 0.717) is 5.95 Å². The van der Waals surface area contributed by atoms with E-state index in [0.717, 1.165) is 41.5 Å². The number of fused-ring (bicyclic) bond motifs is 1. The molecule has 0 radical (unpaired) electrons. The van der Waals surface area contributed by atoms with Crippen LogP contribution in [0.25, 0.3) is 16.8 Å². The van der Waals surface area contributed by atoms with E-state index in [1.807, 2.05) is 25.3 Å². The first-order valence-corrected chi connectivity index (χ1v) is 7.42. The molecule has 4 heterocycles. The molecule has 1 aliphatic heterocycles. The van der Waals surface area contributed by atoms with Crippen LogP contribution < -0.4 is 10.6 Å². The van der Waals surface area contributed by atoms with Crippen molar-refractivity contribution in [3.05, 3.63) is 30.4 Å². The van der Waals surface area contributed by atoms with Crippen molar-refractivity contribution >= 4 is 17.4 Å². The van der Waals surface area contributed by atoms with Crippen LogP contribution >= 0.6 is 0 Å². The first kappa shape index (κ1) is 13.0. The lowest BCUT2D eigenvalue weighted by molar-refractivity contribution is 0.923. The van der Waals surface area contributed by atoms with E-state index >= 15 is 0 Å². The van der Waals surface area contributed by atoms with Gasteiger partial charge < -0.3 is 10.6 Å². The molecule has 0 unspecified atom stereocenters. The molecular formula is C15H17N7. The largest absolute Gasteiger partial charge is 0.369 e. The van der Waals surface area contributed by atoms with Gasteiger partial charge in [-0.3, -0.25) is 4.98 Å². The summed E-state index contributed by atoms with van der Waals surface area (Å²) in [6.07, 6.45) is 5.93.